The van der Waals surface area contributed by atoms with Crippen LogP contribution in [0.3, 0.4) is 0 Å². The van der Waals surface area contributed by atoms with Crippen LogP contribution in [0.15, 0.2) is 48.5 Å². The summed E-state index contributed by atoms with van der Waals surface area (Å²) in [7, 11) is 0. The van der Waals surface area contributed by atoms with Crippen LogP contribution in [0.1, 0.15) is 47.3 Å². The molecule has 1 aliphatic carbocycles. The van der Waals surface area contributed by atoms with E-state index in [1.807, 2.05) is 32.0 Å². The van der Waals surface area contributed by atoms with E-state index in [9.17, 15) is 14.4 Å². The summed E-state index contributed by atoms with van der Waals surface area (Å²) in [4.78, 5) is 40.4. The van der Waals surface area contributed by atoms with E-state index in [1.165, 1.54) is 11.1 Å². The summed E-state index contributed by atoms with van der Waals surface area (Å²) < 4.78 is 0. The van der Waals surface area contributed by atoms with Crippen LogP contribution in [-0.4, -0.2) is 34.7 Å². The van der Waals surface area contributed by atoms with Crippen molar-refractivity contribution in [2.24, 2.45) is 17.6 Å². The Hall–Kier alpha value is -3.15. The molecular formula is C25H29N3O3. The first-order valence-electron chi connectivity index (χ1n) is 10.9. The van der Waals surface area contributed by atoms with Gasteiger partial charge in [0.05, 0.1) is 0 Å². The van der Waals surface area contributed by atoms with Crippen molar-refractivity contribution >= 4 is 17.7 Å². The SMILES string of the molecule is CC(C)C[C@@H]1C(=O)N[C@H](C2Cc3ccccc3C2)C(=O)N1Cc1ccccc1C(N)=O. The lowest BCUT2D eigenvalue weighted by Crippen LogP contribution is -2.65. The molecule has 4 rings (SSSR count). The second-order valence-corrected chi connectivity index (χ2v) is 9.06. The van der Waals surface area contributed by atoms with Crippen molar-refractivity contribution in [2.75, 3.05) is 0 Å². The number of benzene rings is 2. The molecule has 2 aromatic carbocycles. The van der Waals surface area contributed by atoms with Gasteiger partial charge in [-0.1, -0.05) is 56.3 Å². The molecule has 31 heavy (non-hydrogen) atoms. The molecule has 1 aliphatic heterocycles. The zero-order valence-electron chi connectivity index (χ0n) is 18.0. The molecule has 1 fully saturated rings. The summed E-state index contributed by atoms with van der Waals surface area (Å²) in [5.74, 6) is -0.465. The summed E-state index contributed by atoms with van der Waals surface area (Å²) in [5.41, 5.74) is 9.08. The maximum Gasteiger partial charge on any atom is 0.249 e. The lowest BCUT2D eigenvalue weighted by Gasteiger charge is -2.41. The number of fused-ring (bicyclic) bond motifs is 1. The Balaban J connectivity index is 1.64. The smallest absolute Gasteiger partial charge is 0.249 e. The predicted molar refractivity (Wildman–Crippen MR) is 118 cm³/mol. The van der Waals surface area contributed by atoms with Crippen LogP contribution < -0.4 is 11.1 Å². The van der Waals surface area contributed by atoms with Gasteiger partial charge in [-0.25, -0.2) is 0 Å². The standard InChI is InChI=1S/C25H29N3O3/c1-15(2)11-21-24(30)27-22(19-12-16-7-3-4-8-17(16)13-19)25(31)28(21)14-18-9-5-6-10-20(18)23(26)29/h3-10,15,19,21-22H,11-14H2,1-2H3,(H2,26,29)(H,27,30)/t21-,22-/m1/s1. The minimum atomic E-state index is -0.566. The van der Waals surface area contributed by atoms with Gasteiger partial charge in [0.2, 0.25) is 17.7 Å². The minimum absolute atomic E-state index is 0.0303. The number of nitrogens with two attached hydrogens (primary N) is 1. The molecule has 2 aromatic rings. The second-order valence-electron chi connectivity index (χ2n) is 9.06. The molecule has 0 bridgehead atoms. The number of hydrogen-bond acceptors (Lipinski definition) is 3. The quantitative estimate of drug-likeness (QED) is 0.753. The molecule has 6 heteroatoms. The summed E-state index contributed by atoms with van der Waals surface area (Å²) in [6, 6.07) is 14.1. The zero-order chi connectivity index (χ0) is 22.1. The van der Waals surface area contributed by atoms with E-state index in [2.05, 4.69) is 17.4 Å². The molecule has 3 N–H and O–H groups in total. The fraction of sp³-hybridized carbons (Fsp3) is 0.400. The molecule has 2 aliphatic rings. The number of nitrogens with one attached hydrogen (secondary N) is 1. The van der Waals surface area contributed by atoms with Crippen molar-refractivity contribution in [2.45, 2.75) is 51.7 Å². The maximum atomic E-state index is 13.7. The summed E-state index contributed by atoms with van der Waals surface area (Å²) in [5, 5.41) is 3.03. The molecule has 162 valence electrons. The van der Waals surface area contributed by atoms with Crippen LogP contribution in [-0.2, 0) is 29.0 Å². The highest BCUT2D eigenvalue weighted by Gasteiger charge is 2.45. The van der Waals surface area contributed by atoms with Crippen LogP contribution in [0.5, 0.6) is 0 Å². The van der Waals surface area contributed by atoms with E-state index in [0.29, 0.717) is 17.5 Å². The molecule has 0 aromatic heterocycles. The molecule has 0 radical (unpaired) electrons. The van der Waals surface area contributed by atoms with E-state index < -0.39 is 18.0 Å². The van der Waals surface area contributed by atoms with Crippen LogP contribution in [0.2, 0.25) is 0 Å². The van der Waals surface area contributed by atoms with Gasteiger partial charge in [-0.05, 0) is 53.9 Å². The van der Waals surface area contributed by atoms with Crippen molar-refractivity contribution in [1.82, 2.24) is 10.2 Å². The third-order valence-corrected chi connectivity index (χ3v) is 6.40. The summed E-state index contributed by atoms with van der Waals surface area (Å²) in [6.07, 6.45) is 2.11. The largest absolute Gasteiger partial charge is 0.366 e. The molecule has 0 unspecified atom stereocenters. The number of carbonyl (C=O) groups is 3. The Morgan fingerprint density at radius 2 is 1.68 bits per heavy atom. The average Bonchev–Trinajstić information content (AvgIpc) is 3.17. The van der Waals surface area contributed by atoms with E-state index in [1.54, 1.807) is 23.1 Å². The summed E-state index contributed by atoms with van der Waals surface area (Å²) >= 11 is 0. The summed E-state index contributed by atoms with van der Waals surface area (Å²) in [6.45, 7) is 4.26. The molecule has 6 nitrogen and oxygen atoms in total. The van der Waals surface area contributed by atoms with E-state index in [4.69, 9.17) is 5.73 Å². The van der Waals surface area contributed by atoms with Gasteiger partial charge in [-0.3, -0.25) is 14.4 Å². The van der Waals surface area contributed by atoms with Gasteiger partial charge in [0.25, 0.3) is 0 Å². The highest BCUT2D eigenvalue weighted by Crippen LogP contribution is 2.32. The lowest BCUT2D eigenvalue weighted by atomic mass is 9.89. The molecular weight excluding hydrogens is 390 g/mol. The van der Waals surface area contributed by atoms with E-state index in [0.717, 1.165) is 12.8 Å². The predicted octanol–water partition coefficient (Wildman–Crippen LogP) is 2.44. The molecule has 1 heterocycles. The number of rotatable bonds is 6. The van der Waals surface area contributed by atoms with Crippen LogP contribution in [0.4, 0.5) is 0 Å². The highest BCUT2D eigenvalue weighted by molar-refractivity contribution is 5.98. The van der Waals surface area contributed by atoms with Crippen LogP contribution in [0.25, 0.3) is 0 Å². The third kappa shape index (κ3) is 4.20. The Kier molecular flexibility index (Phi) is 5.81. The van der Waals surface area contributed by atoms with Crippen molar-refractivity contribution in [3.05, 3.63) is 70.8 Å². The molecule has 0 saturated carbocycles. The van der Waals surface area contributed by atoms with Crippen molar-refractivity contribution < 1.29 is 14.4 Å². The van der Waals surface area contributed by atoms with Gasteiger partial charge in [0, 0.05) is 12.1 Å². The Morgan fingerprint density at radius 3 is 2.29 bits per heavy atom. The van der Waals surface area contributed by atoms with Gasteiger partial charge >= 0.3 is 0 Å². The fourth-order valence-corrected chi connectivity index (χ4v) is 4.88. The second kappa shape index (κ2) is 8.53. The normalized spacial score (nSPS) is 21.3. The highest BCUT2D eigenvalue weighted by atomic mass is 16.2. The fourth-order valence-electron chi connectivity index (χ4n) is 4.88. The van der Waals surface area contributed by atoms with Gasteiger partial charge in [-0.15, -0.1) is 0 Å². The minimum Gasteiger partial charge on any atom is -0.366 e. The van der Waals surface area contributed by atoms with Crippen LogP contribution in [0, 0.1) is 11.8 Å². The van der Waals surface area contributed by atoms with E-state index >= 15 is 0 Å². The number of hydrogen-bond donors (Lipinski definition) is 2. The third-order valence-electron chi connectivity index (χ3n) is 6.40. The van der Waals surface area contributed by atoms with Gasteiger partial charge in [0.15, 0.2) is 0 Å². The van der Waals surface area contributed by atoms with Crippen molar-refractivity contribution in [3.8, 4) is 0 Å². The Labute approximate surface area is 182 Å². The van der Waals surface area contributed by atoms with Gasteiger partial charge < -0.3 is 16.0 Å². The lowest BCUT2D eigenvalue weighted by molar-refractivity contribution is -0.152. The van der Waals surface area contributed by atoms with Crippen molar-refractivity contribution in [1.29, 1.82) is 0 Å². The van der Waals surface area contributed by atoms with Crippen molar-refractivity contribution in [3.63, 3.8) is 0 Å². The molecule has 1 saturated heterocycles. The number of piperazine rings is 1. The van der Waals surface area contributed by atoms with Crippen LogP contribution >= 0.6 is 0 Å². The maximum absolute atomic E-state index is 13.7. The number of amides is 3. The van der Waals surface area contributed by atoms with Gasteiger partial charge in [0.1, 0.15) is 12.1 Å². The Morgan fingerprint density at radius 1 is 1.06 bits per heavy atom. The monoisotopic (exact) mass is 419 g/mol. The molecule has 2 atom stereocenters. The molecule has 0 spiro atoms. The van der Waals surface area contributed by atoms with E-state index in [-0.39, 0.29) is 30.2 Å². The topological polar surface area (TPSA) is 92.5 Å². The first kappa shape index (κ1) is 21.1. The van der Waals surface area contributed by atoms with Gasteiger partial charge in [-0.2, -0.15) is 0 Å². The number of nitrogens with zero attached hydrogens (tertiary/aromatic N) is 1. The first-order chi connectivity index (χ1) is 14.8. The molecule has 3 amide bonds. The first-order valence-corrected chi connectivity index (χ1v) is 10.9. The Bertz CT molecular complexity index is 992. The number of primary amides is 1. The zero-order valence-corrected chi connectivity index (χ0v) is 18.0. The number of carbonyl (C=O) groups excluding carboxylic acids is 3. The average molecular weight is 420 g/mol.